The molecule has 1 atom stereocenters. The molecular weight excluding hydrogens is 146 g/mol. The summed E-state index contributed by atoms with van der Waals surface area (Å²) in [5, 5.41) is 11.7. The number of nitrogens with two attached hydrogens (primary N) is 1. The lowest BCUT2D eigenvalue weighted by Gasteiger charge is -1.98. The van der Waals surface area contributed by atoms with Crippen molar-refractivity contribution in [1.29, 1.82) is 5.26 Å². The van der Waals surface area contributed by atoms with Crippen LogP contribution in [0, 0.1) is 11.3 Å². The lowest BCUT2D eigenvalue weighted by atomic mass is 10.1. The quantitative estimate of drug-likeness (QED) is 0.581. The van der Waals surface area contributed by atoms with E-state index in [1.54, 1.807) is 0 Å². The van der Waals surface area contributed by atoms with Gasteiger partial charge in [0.15, 0.2) is 0 Å². The first-order valence-corrected chi connectivity index (χ1v) is 3.13. The normalized spacial score (nSPS) is 21.7. The molecule has 5 heteroatoms. The lowest BCUT2D eigenvalue weighted by Crippen LogP contribution is -2.22. The van der Waals surface area contributed by atoms with E-state index in [2.05, 4.69) is 5.16 Å². The van der Waals surface area contributed by atoms with Crippen molar-refractivity contribution in [3.8, 4) is 6.07 Å². The van der Waals surface area contributed by atoms with Crippen LogP contribution in [0.15, 0.2) is 5.16 Å². The van der Waals surface area contributed by atoms with Crippen LogP contribution >= 0.6 is 0 Å². The maximum Gasteiger partial charge on any atom is 0.266 e. The third-order valence-corrected chi connectivity index (χ3v) is 1.34. The van der Waals surface area contributed by atoms with Crippen LogP contribution in [0.2, 0.25) is 0 Å². The molecule has 0 radical (unpaired) electrons. The number of rotatable bonds is 2. The van der Waals surface area contributed by atoms with Crippen LogP contribution < -0.4 is 5.73 Å². The molecule has 2 N–H and O–H groups in total. The summed E-state index contributed by atoms with van der Waals surface area (Å²) in [6.07, 6.45) is 0.297. The molecule has 1 aliphatic heterocycles. The van der Waals surface area contributed by atoms with Gasteiger partial charge in [-0.3, -0.25) is 4.79 Å². The van der Waals surface area contributed by atoms with Crippen molar-refractivity contribution >= 4 is 11.6 Å². The second-order valence-electron chi connectivity index (χ2n) is 2.20. The summed E-state index contributed by atoms with van der Waals surface area (Å²) in [5.41, 5.74) is 5.14. The molecule has 0 aromatic rings. The Morgan fingerprint density at radius 3 is 3.18 bits per heavy atom. The number of hydrogen-bond acceptors (Lipinski definition) is 4. The van der Waals surface area contributed by atoms with Gasteiger partial charge in [0.1, 0.15) is 11.8 Å². The van der Waals surface area contributed by atoms with E-state index < -0.39 is 5.91 Å². The van der Waals surface area contributed by atoms with Crippen LogP contribution in [0.3, 0.4) is 0 Å². The van der Waals surface area contributed by atoms with Crippen LogP contribution in [0.5, 0.6) is 0 Å². The third-order valence-electron chi connectivity index (χ3n) is 1.34. The molecular formula is C6H7N3O2. The molecule has 0 saturated heterocycles. The highest BCUT2D eigenvalue weighted by molar-refractivity contribution is 6.38. The molecule has 1 aliphatic rings. The van der Waals surface area contributed by atoms with Gasteiger partial charge in [-0.25, -0.2) is 0 Å². The first-order chi connectivity index (χ1) is 5.24. The fourth-order valence-electron chi connectivity index (χ4n) is 0.785. The van der Waals surface area contributed by atoms with Crippen LogP contribution in [-0.4, -0.2) is 17.7 Å². The average molecular weight is 153 g/mol. The lowest BCUT2D eigenvalue weighted by molar-refractivity contribution is -0.112. The standard InChI is InChI=1S/C6H7N3O2/c7-2-1-4-3-5(6(8)10)9-11-4/h4H,1,3H2,(H2,8,10)/t4-/m1/s1. The van der Waals surface area contributed by atoms with Gasteiger partial charge in [0.25, 0.3) is 5.91 Å². The molecule has 0 spiro atoms. The SMILES string of the molecule is N#CC[C@@H]1CC(C(N)=O)=NO1. The first kappa shape index (κ1) is 7.54. The van der Waals surface area contributed by atoms with Crippen molar-refractivity contribution in [3.05, 3.63) is 0 Å². The summed E-state index contributed by atoms with van der Waals surface area (Å²) in [6.45, 7) is 0. The molecule has 0 aliphatic carbocycles. The molecule has 1 rings (SSSR count). The fraction of sp³-hybridized carbons (Fsp3) is 0.500. The summed E-state index contributed by atoms with van der Waals surface area (Å²) >= 11 is 0. The van der Waals surface area contributed by atoms with Crippen LogP contribution in [-0.2, 0) is 9.63 Å². The summed E-state index contributed by atoms with van der Waals surface area (Å²) in [7, 11) is 0. The Kier molecular flexibility index (Phi) is 2.06. The zero-order valence-corrected chi connectivity index (χ0v) is 5.78. The monoisotopic (exact) mass is 153 g/mol. The summed E-state index contributed by atoms with van der Waals surface area (Å²) in [6, 6.07) is 1.92. The summed E-state index contributed by atoms with van der Waals surface area (Å²) in [4.78, 5) is 15.2. The van der Waals surface area contributed by atoms with Crippen molar-refractivity contribution < 1.29 is 9.63 Å². The minimum Gasteiger partial charge on any atom is -0.391 e. The number of carbonyl (C=O) groups excluding carboxylic acids is 1. The first-order valence-electron chi connectivity index (χ1n) is 3.13. The Morgan fingerprint density at radius 1 is 2.00 bits per heavy atom. The van der Waals surface area contributed by atoms with Gasteiger partial charge in [0.2, 0.25) is 0 Å². The van der Waals surface area contributed by atoms with Crippen molar-refractivity contribution in [3.63, 3.8) is 0 Å². The van der Waals surface area contributed by atoms with Gasteiger partial charge in [-0.05, 0) is 0 Å². The summed E-state index contributed by atoms with van der Waals surface area (Å²) in [5.74, 6) is -0.578. The number of oxime groups is 1. The molecule has 0 unspecified atom stereocenters. The van der Waals surface area contributed by atoms with E-state index in [4.69, 9.17) is 15.8 Å². The average Bonchev–Trinajstić information content (AvgIpc) is 2.37. The predicted molar refractivity (Wildman–Crippen MR) is 36.3 cm³/mol. The Hall–Kier alpha value is -1.57. The minimum atomic E-state index is -0.578. The van der Waals surface area contributed by atoms with Crippen molar-refractivity contribution in [1.82, 2.24) is 0 Å². The molecule has 5 nitrogen and oxygen atoms in total. The number of nitrogens with zero attached hydrogens (tertiary/aromatic N) is 2. The van der Waals surface area contributed by atoms with Gasteiger partial charge in [0, 0.05) is 6.42 Å². The van der Waals surface area contributed by atoms with E-state index in [9.17, 15) is 4.79 Å². The highest BCUT2D eigenvalue weighted by Gasteiger charge is 2.23. The van der Waals surface area contributed by atoms with Crippen LogP contribution in [0.1, 0.15) is 12.8 Å². The molecule has 0 aromatic carbocycles. The van der Waals surface area contributed by atoms with E-state index in [0.717, 1.165) is 0 Å². The molecule has 0 fully saturated rings. The smallest absolute Gasteiger partial charge is 0.266 e. The zero-order chi connectivity index (χ0) is 8.27. The predicted octanol–water partition coefficient (Wildman–Crippen LogP) is -0.470. The second kappa shape index (κ2) is 3.01. The minimum absolute atomic E-state index is 0.213. The molecule has 1 heterocycles. The molecule has 1 amide bonds. The highest BCUT2D eigenvalue weighted by Crippen LogP contribution is 2.12. The van der Waals surface area contributed by atoms with E-state index in [0.29, 0.717) is 6.42 Å². The molecule has 11 heavy (non-hydrogen) atoms. The maximum atomic E-state index is 10.5. The summed E-state index contributed by atoms with van der Waals surface area (Å²) < 4.78 is 0. The Morgan fingerprint density at radius 2 is 2.73 bits per heavy atom. The van der Waals surface area contributed by atoms with Crippen molar-refractivity contribution in [2.45, 2.75) is 18.9 Å². The van der Waals surface area contributed by atoms with Crippen molar-refractivity contribution in [2.24, 2.45) is 10.9 Å². The largest absolute Gasteiger partial charge is 0.391 e. The molecule has 0 aromatic heterocycles. The Bertz CT molecular complexity index is 241. The number of primary amides is 1. The van der Waals surface area contributed by atoms with Gasteiger partial charge < -0.3 is 10.6 Å². The van der Waals surface area contributed by atoms with E-state index in [1.165, 1.54) is 0 Å². The highest BCUT2D eigenvalue weighted by atomic mass is 16.6. The van der Waals surface area contributed by atoms with E-state index >= 15 is 0 Å². The molecule has 0 saturated carbocycles. The fourth-order valence-corrected chi connectivity index (χ4v) is 0.785. The Balaban J connectivity index is 2.44. The molecule has 0 bridgehead atoms. The zero-order valence-electron chi connectivity index (χ0n) is 5.78. The van der Waals surface area contributed by atoms with Crippen LogP contribution in [0.25, 0.3) is 0 Å². The maximum absolute atomic E-state index is 10.5. The van der Waals surface area contributed by atoms with Gasteiger partial charge in [-0.1, -0.05) is 5.16 Å². The van der Waals surface area contributed by atoms with E-state index in [1.807, 2.05) is 6.07 Å². The van der Waals surface area contributed by atoms with Gasteiger partial charge in [-0.15, -0.1) is 0 Å². The van der Waals surface area contributed by atoms with Gasteiger partial charge in [-0.2, -0.15) is 5.26 Å². The number of amides is 1. The number of carbonyl (C=O) groups is 1. The number of hydrogen-bond donors (Lipinski definition) is 1. The topological polar surface area (TPSA) is 88.5 Å². The molecule has 58 valence electrons. The van der Waals surface area contributed by atoms with E-state index in [-0.39, 0.29) is 18.2 Å². The van der Waals surface area contributed by atoms with Crippen LogP contribution in [0.4, 0.5) is 0 Å². The number of nitriles is 1. The second-order valence-corrected chi connectivity index (χ2v) is 2.20. The van der Waals surface area contributed by atoms with Gasteiger partial charge >= 0.3 is 0 Å². The van der Waals surface area contributed by atoms with Crippen molar-refractivity contribution in [2.75, 3.05) is 0 Å². The Labute approximate surface area is 63.4 Å². The van der Waals surface area contributed by atoms with Gasteiger partial charge in [0.05, 0.1) is 12.5 Å². The third kappa shape index (κ3) is 1.67.